The average molecular weight is 199 g/mol. The van der Waals surface area contributed by atoms with Gasteiger partial charge in [0.05, 0.1) is 0 Å². The third-order valence-corrected chi connectivity index (χ3v) is 3.65. The maximum atomic E-state index is 2.50. The van der Waals surface area contributed by atoms with Crippen LogP contribution in [0.1, 0.15) is 43.6 Å². The number of aromatic nitrogens is 1. The van der Waals surface area contributed by atoms with E-state index >= 15 is 0 Å². The standard InChI is InChI=1S/C14H17N/c1-10-7-8-14-13-6-4-3-5-12(13)9-11(2)15(10)14/h3,5,7-8,11H,4,6,9H2,1-2H3. The van der Waals surface area contributed by atoms with E-state index in [-0.39, 0.29) is 0 Å². The molecular weight excluding hydrogens is 182 g/mol. The summed E-state index contributed by atoms with van der Waals surface area (Å²) >= 11 is 0. The first kappa shape index (κ1) is 9.02. The number of allylic oxidation sites excluding steroid dienone is 4. The number of rotatable bonds is 0. The predicted molar refractivity (Wildman–Crippen MR) is 63.8 cm³/mol. The summed E-state index contributed by atoms with van der Waals surface area (Å²) in [7, 11) is 0. The lowest BCUT2D eigenvalue weighted by molar-refractivity contribution is 0.518. The van der Waals surface area contributed by atoms with Gasteiger partial charge in [0.2, 0.25) is 0 Å². The second kappa shape index (κ2) is 3.13. The minimum Gasteiger partial charge on any atom is -0.342 e. The largest absolute Gasteiger partial charge is 0.342 e. The normalized spacial score (nSPS) is 24.0. The molecule has 3 rings (SSSR count). The lowest BCUT2D eigenvalue weighted by atomic mass is 9.88. The number of hydrogen-bond acceptors (Lipinski definition) is 0. The summed E-state index contributed by atoms with van der Waals surface area (Å²) in [5.74, 6) is 0. The Morgan fingerprint density at radius 2 is 2.20 bits per heavy atom. The minimum absolute atomic E-state index is 0.622. The fourth-order valence-corrected chi connectivity index (χ4v) is 2.99. The van der Waals surface area contributed by atoms with E-state index in [9.17, 15) is 0 Å². The molecule has 1 nitrogen and oxygen atoms in total. The van der Waals surface area contributed by atoms with Gasteiger partial charge in [0.15, 0.2) is 0 Å². The highest BCUT2D eigenvalue weighted by Crippen LogP contribution is 2.39. The molecular formula is C14H17N. The van der Waals surface area contributed by atoms with Crippen molar-refractivity contribution in [2.75, 3.05) is 0 Å². The van der Waals surface area contributed by atoms with Crippen LogP contribution in [0.3, 0.4) is 0 Å². The molecule has 0 amide bonds. The van der Waals surface area contributed by atoms with Crippen LogP contribution in [0, 0.1) is 6.92 Å². The lowest BCUT2D eigenvalue weighted by Gasteiger charge is -2.30. The molecule has 0 fully saturated rings. The van der Waals surface area contributed by atoms with E-state index in [0.717, 1.165) is 0 Å². The molecule has 0 bridgehead atoms. The van der Waals surface area contributed by atoms with E-state index in [1.807, 2.05) is 0 Å². The molecule has 0 spiro atoms. The fraction of sp³-hybridized carbons (Fsp3) is 0.429. The molecule has 1 aliphatic carbocycles. The van der Waals surface area contributed by atoms with Gasteiger partial charge in [-0.25, -0.2) is 0 Å². The minimum atomic E-state index is 0.622. The zero-order valence-electron chi connectivity index (χ0n) is 9.46. The van der Waals surface area contributed by atoms with E-state index in [1.165, 1.54) is 30.7 Å². The Kier molecular flexibility index (Phi) is 1.88. The van der Waals surface area contributed by atoms with Crippen molar-refractivity contribution in [3.8, 4) is 0 Å². The lowest BCUT2D eigenvalue weighted by Crippen LogP contribution is -2.17. The number of hydrogen-bond donors (Lipinski definition) is 0. The Labute approximate surface area is 91.1 Å². The topological polar surface area (TPSA) is 4.93 Å². The van der Waals surface area contributed by atoms with Gasteiger partial charge in [0, 0.05) is 17.4 Å². The second-order valence-electron chi connectivity index (χ2n) is 4.73. The highest BCUT2D eigenvalue weighted by Gasteiger charge is 2.24. The SMILES string of the molecule is Cc1ccc2n1C(C)CC1=C2CCC=C1. The molecule has 1 aromatic heterocycles. The summed E-state index contributed by atoms with van der Waals surface area (Å²) in [6, 6.07) is 5.16. The monoisotopic (exact) mass is 199 g/mol. The average Bonchev–Trinajstić information content (AvgIpc) is 2.62. The van der Waals surface area contributed by atoms with Crippen molar-refractivity contribution >= 4 is 5.57 Å². The van der Waals surface area contributed by atoms with Crippen molar-refractivity contribution in [1.29, 1.82) is 0 Å². The summed E-state index contributed by atoms with van der Waals surface area (Å²) in [6.07, 6.45) is 8.28. The third-order valence-electron chi connectivity index (χ3n) is 3.65. The van der Waals surface area contributed by atoms with E-state index in [0.29, 0.717) is 6.04 Å². The molecule has 0 aromatic carbocycles. The van der Waals surface area contributed by atoms with Gasteiger partial charge >= 0.3 is 0 Å². The molecule has 1 heteroatoms. The molecule has 78 valence electrons. The molecule has 1 atom stereocenters. The molecule has 0 N–H and O–H groups in total. The molecule has 0 radical (unpaired) electrons. The van der Waals surface area contributed by atoms with Crippen molar-refractivity contribution in [1.82, 2.24) is 4.57 Å². The maximum absolute atomic E-state index is 2.50. The zero-order valence-corrected chi connectivity index (χ0v) is 9.46. The summed E-state index contributed by atoms with van der Waals surface area (Å²) < 4.78 is 2.50. The first-order chi connectivity index (χ1) is 7.27. The summed E-state index contributed by atoms with van der Waals surface area (Å²) in [5.41, 5.74) is 6.02. The Morgan fingerprint density at radius 3 is 3.07 bits per heavy atom. The number of nitrogens with zero attached hydrogens (tertiary/aromatic N) is 1. The van der Waals surface area contributed by atoms with Crippen LogP contribution in [-0.2, 0) is 0 Å². The molecule has 15 heavy (non-hydrogen) atoms. The van der Waals surface area contributed by atoms with Gasteiger partial charge in [0.25, 0.3) is 0 Å². The first-order valence-corrected chi connectivity index (χ1v) is 5.84. The Hall–Kier alpha value is -1.24. The van der Waals surface area contributed by atoms with Crippen LogP contribution in [-0.4, -0.2) is 4.57 Å². The van der Waals surface area contributed by atoms with E-state index < -0.39 is 0 Å². The van der Waals surface area contributed by atoms with E-state index in [4.69, 9.17) is 0 Å². The van der Waals surface area contributed by atoms with Crippen LogP contribution in [0.2, 0.25) is 0 Å². The molecule has 1 aliphatic heterocycles. The zero-order chi connectivity index (χ0) is 10.4. The maximum Gasteiger partial charge on any atom is 0.0446 e. The highest BCUT2D eigenvalue weighted by atomic mass is 15.0. The van der Waals surface area contributed by atoms with Crippen molar-refractivity contribution < 1.29 is 0 Å². The van der Waals surface area contributed by atoms with E-state index in [1.54, 1.807) is 11.1 Å². The molecule has 0 saturated heterocycles. The van der Waals surface area contributed by atoms with Crippen LogP contribution in [0.5, 0.6) is 0 Å². The van der Waals surface area contributed by atoms with Gasteiger partial charge < -0.3 is 4.57 Å². The summed E-state index contributed by atoms with van der Waals surface area (Å²) in [6.45, 7) is 4.53. The molecule has 2 heterocycles. The first-order valence-electron chi connectivity index (χ1n) is 5.84. The van der Waals surface area contributed by atoms with E-state index in [2.05, 4.69) is 42.7 Å². The van der Waals surface area contributed by atoms with Crippen LogP contribution >= 0.6 is 0 Å². The van der Waals surface area contributed by atoms with Crippen LogP contribution in [0.25, 0.3) is 5.57 Å². The van der Waals surface area contributed by atoms with Crippen LogP contribution in [0.4, 0.5) is 0 Å². The van der Waals surface area contributed by atoms with Crippen LogP contribution in [0.15, 0.2) is 29.9 Å². The fourth-order valence-electron chi connectivity index (χ4n) is 2.99. The van der Waals surface area contributed by atoms with Gasteiger partial charge in [-0.3, -0.25) is 0 Å². The predicted octanol–water partition coefficient (Wildman–Crippen LogP) is 3.86. The third kappa shape index (κ3) is 1.22. The molecule has 1 aromatic rings. The smallest absolute Gasteiger partial charge is 0.0446 e. The molecule has 1 unspecified atom stereocenters. The molecule has 2 aliphatic rings. The van der Waals surface area contributed by atoms with Gasteiger partial charge in [-0.2, -0.15) is 0 Å². The number of fused-ring (bicyclic) bond motifs is 2. The van der Waals surface area contributed by atoms with Crippen molar-refractivity contribution in [3.05, 3.63) is 41.2 Å². The Morgan fingerprint density at radius 1 is 1.33 bits per heavy atom. The highest BCUT2D eigenvalue weighted by molar-refractivity contribution is 5.72. The quantitative estimate of drug-likeness (QED) is 0.598. The van der Waals surface area contributed by atoms with Gasteiger partial charge in [0.1, 0.15) is 0 Å². The van der Waals surface area contributed by atoms with Crippen molar-refractivity contribution in [2.24, 2.45) is 0 Å². The molecule has 0 saturated carbocycles. The summed E-state index contributed by atoms with van der Waals surface area (Å²) in [4.78, 5) is 0. The Balaban J connectivity index is 2.21. The van der Waals surface area contributed by atoms with Crippen LogP contribution < -0.4 is 0 Å². The van der Waals surface area contributed by atoms with Gasteiger partial charge in [-0.05, 0) is 56.4 Å². The van der Waals surface area contributed by atoms with Gasteiger partial charge in [-0.15, -0.1) is 0 Å². The summed E-state index contributed by atoms with van der Waals surface area (Å²) in [5, 5.41) is 0. The second-order valence-corrected chi connectivity index (χ2v) is 4.73. The van der Waals surface area contributed by atoms with Crippen molar-refractivity contribution in [2.45, 2.75) is 39.2 Å². The van der Waals surface area contributed by atoms with Crippen molar-refractivity contribution in [3.63, 3.8) is 0 Å². The Bertz CT molecular complexity index is 460. The van der Waals surface area contributed by atoms with Gasteiger partial charge in [-0.1, -0.05) is 12.2 Å². The number of aryl methyl sites for hydroxylation is 1.